The summed E-state index contributed by atoms with van der Waals surface area (Å²) in [5, 5.41) is 0. The summed E-state index contributed by atoms with van der Waals surface area (Å²) in [4.78, 5) is 12.8. The van der Waals surface area contributed by atoms with Crippen molar-refractivity contribution in [2.45, 2.75) is 192 Å². The highest BCUT2D eigenvalue weighted by molar-refractivity contribution is 5.72. The Morgan fingerprint density at radius 2 is 1.62 bits per heavy atom. The summed E-state index contributed by atoms with van der Waals surface area (Å²) in [5.41, 5.74) is 2.21. The van der Waals surface area contributed by atoms with E-state index in [0.717, 1.165) is 55.4 Å². The van der Waals surface area contributed by atoms with E-state index in [-0.39, 0.29) is 72.2 Å². The Bertz CT molecular complexity index is 1910. The van der Waals surface area contributed by atoms with E-state index in [9.17, 15) is 4.79 Å². The van der Waals surface area contributed by atoms with Crippen molar-refractivity contribution in [2.24, 2.45) is 35.5 Å². The second-order valence-electron chi connectivity index (χ2n) is 21.1. The van der Waals surface area contributed by atoms with Crippen molar-refractivity contribution < 1.29 is 56.9 Å². The zero-order chi connectivity index (χ0) is 46.5. The van der Waals surface area contributed by atoms with Crippen LogP contribution in [0.2, 0.25) is 0 Å². The minimum absolute atomic E-state index is 0.0000631. The molecule has 6 fully saturated rings. The van der Waals surface area contributed by atoms with Gasteiger partial charge >= 0.3 is 5.97 Å². The van der Waals surface area contributed by atoms with Crippen LogP contribution >= 0.6 is 0 Å². The molecule has 2 aromatic carbocycles. The molecule has 6 aliphatic rings. The second-order valence-corrected chi connectivity index (χ2v) is 21.1. The molecule has 0 aromatic heterocycles. The highest BCUT2D eigenvalue weighted by Crippen LogP contribution is 2.56. The van der Waals surface area contributed by atoms with Gasteiger partial charge in [-0.3, -0.25) is 4.79 Å². The molecule has 12 heteroatoms. The number of carbonyl (C=O) groups is 1. The van der Waals surface area contributed by atoms with Gasteiger partial charge in [-0.15, -0.1) is 0 Å². The Hall–Kier alpha value is -2.65. The molecule has 0 N–H and O–H groups in total. The lowest BCUT2D eigenvalue weighted by Gasteiger charge is -2.50. The summed E-state index contributed by atoms with van der Waals surface area (Å²) in [6.07, 6.45) is 4.57. The van der Waals surface area contributed by atoms with Crippen molar-refractivity contribution in [3.63, 3.8) is 0 Å². The molecule has 362 valence electrons. The second kappa shape index (κ2) is 19.4. The Kier molecular flexibility index (Phi) is 14.6. The summed E-state index contributed by atoms with van der Waals surface area (Å²) in [6.45, 7) is 20.4. The number of carbonyl (C=O) groups excluding carboxylic acids is 1. The van der Waals surface area contributed by atoms with Crippen LogP contribution in [0.1, 0.15) is 130 Å². The largest absolute Gasteiger partial charge is 0.497 e. The van der Waals surface area contributed by atoms with Crippen LogP contribution in [0, 0.1) is 42.4 Å². The lowest BCUT2D eigenvalue weighted by Crippen LogP contribution is -2.57. The van der Waals surface area contributed by atoms with Gasteiger partial charge in [-0.25, -0.2) is 0 Å². The van der Waals surface area contributed by atoms with E-state index < -0.39 is 41.1 Å². The van der Waals surface area contributed by atoms with Gasteiger partial charge < -0.3 is 52.1 Å². The molecule has 65 heavy (non-hydrogen) atoms. The summed E-state index contributed by atoms with van der Waals surface area (Å²) in [6, 6.07) is 16.3. The van der Waals surface area contributed by atoms with Crippen molar-refractivity contribution in [1.82, 2.24) is 0 Å². The molecule has 18 atom stereocenters. The number of hydrogen-bond acceptors (Lipinski definition) is 12. The molecule has 8 rings (SSSR count). The van der Waals surface area contributed by atoms with Gasteiger partial charge in [0.15, 0.2) is 17.9 Å². The molecule has 6 saturated heterocycles. The maximum Gasteiger partial charge on any atom is 0.311 e. The third kappa shape index (κ3) is 9.43. The van der Waals surface area contributed by atoms with E-state index in [2.05, 4.69) is 79.7 Å². The quantitative estimate of drug-likeness (QED) is 0.168. The van der Waals surface area contributed by atoms with Gasteiger partial charge in [-0.1, -0.05) is 83.5 Å². The van der Waals surface area contributed by atoms with Crippen LogP contribution in [0.15, 0.2) is 48.5 Å². The monoisotopic (exact) mass is 907 g/mol. The van der Waals surface area contributed by atoms with Crippen LogP contribution in [0.5, 0.6) is 5.75 Å². The van der Waals surface area contributed by atoms with Crippen molar-refractivity contribution >= 4 is 5.97 Å². The summed E-state index contributed by atoms with van der Waals surface area (Å²) >= 11 is 0. The van der Waals surface area contributed by atoms with Crippen LogP contribution < -0.4 is 4.74 Å². The van der Waals surface area contributed by atoms with E-state index in [0.29, 0.717) is 26.1 Å². The number of esters is 1. The minimum Gasteiger partial charge on any atom is -0.497 e. The molecule has 0 bridgehead atoms. The lowest BCUT2D eigenvalue weighted by atomic mass is 9.78. The van der Waals surface area contributed by atoms with Crippen LogP contribution in [0.25, 0.3) is 0 Å². The zero-order valence-corrected chi connectivity index (χ0v) is 41.2. The van der Waals surface area contributed by atoms with E-state index >= 15 is 0 Å². The average Bonchev–Trinajstić information content (AvgIpc) is 4.11. The first-order valence-electron chi connectivity index (χ1n) is 24.6. The Morgan fingerprint density at radius 3 is 2.29 bits per heavy atom. The van der Waals surface area contributed by atoms with Crippen molar-refractivity contribution in [1.29, 1.82) is 0 Å². The Balaban J connectivity index is 0.965. The van der Waals surface area contributed by atoms with Crippen LogP contribution in [0.3, 0.4) is 0 Å². The minimum atomic E-state index is -0.895. The molecule has 0 amide bonds. The Morgan fingerprint density at radius 1 is 0.877 bits per heavy atom. The first-order chi connectivity index (χ1) is 31.0. The highest BCUT2D eigenvalue weighted by atomic mass is 16.8. The Labute approximate surface area is 388 Å². The molecule has 0 radical (unpaired) electrons. The normalized spacial score (nSPS) is 42.1. The SMILES string of the molecule is CC[C@@]1([C@@H]2O[C@@H]([C@H]3O[C@@]4(COC(c5ccc(OC)cc5)O4)[C@H](C)C[C@@H]3C)C[C@@H]2C)CC[C@H]([C@]2(C)CC[C@]3(C[C@H](OCc4ccc(C)cc4)[C@@H](C)[C@@H]([C@@H](C)[C@@H](OC)[C@H](C)C(=O)OC)O3)O2)O1. The van der Waals surface area contributed by atoms with Crippen LogP contribution in [-0.2, 0) is 58.8 Å². The summed E-state index contributed by atoms with van der Waals surface area (Å²) in [5.74, 6) is -1.21. The molecule has 12 nitrogen and oxygen atoms in total. The number of aryl methyl sites for hydroxylation is 1. The van der Waals surface area contributed by atoms with Gasteiger partial charge in [0.25, 0.3) is 0 Å². The first kappa shape index (κ1) is 48.8. The molecule has 0 saturated carbocycles. The summed E-state index contributed by atoms with van der Waals surface area (Å²) < 4.78 is 72.7. The molecular weight excluding hydrogens is 829 g/mol. The topological polar surface area (TPSA) is 119 Å². The third-order valence-electron chi connectivity index (χ3n) is 16.7. The van der Waals surface area contributed by atoms with Gasteiger partial charge in [-0.05, 0) is 88.8 Å². The van der Waals surface area contributed by atoms with Gasteiger partial charge in [0.05, 0.1) is 80.7 Å². The number of benzene rings is 2. The van der Waals surface area contributed by atoms with Gasteiger partial charge in [-0.2, -0.15) is 0 Å². The smallest absolute Gasteiger partial charge is 0.311 e. The standard InChI is InChI=1S/C53H78O12/c1-13-51(47-33(4)27-41(60-47)44-32(3)26-34(5)53(63-44)30-59-49(64-53)39-18-20-40(55-10)21-19-39)23-22-43(61-51)50(9)24-25-52(65-50)28-42(58-29-38-16-14-31(2)15-17-38)35(6)46(62-52)36(7)45(56-11)37(8)48(54)57-12/h14-21,32-37,41-47,49H,13,22-30H2,1-12H3/t32-,33-,34+,35+,36-,37-,41+,42-,43+,44-,45+,46-,47+,49?,50-,51-,52+,53+/m0/s1. The number of hydrogen-bond donors (Lipinski definition) is 0. The van der Waals surface area contributed by atoms with Crippen molar-refractivity contribution in [3.05, 3.63) is 65.2 Å². The fourth-order valence-electron chi connectivity index (χ4n) is 12.7. The first-order valence-corrected chi connectivity index (χ1v) is 24.6. The molecule has 1 unspecified atom stereocenters. The number of ether oxygens (including phenoxy) is 11. The van der Waals surface area contributed by atoms with Gasteiger partial charge in [0, 0.05) is 43.3 Å². The van der Waals surface area contributed by atoms with Crippen LogP contribution in [-0.4, -0.2) is 99.4 Å². The van der Waals surface area contributed by atoms with Crippen molar-refractivity contribution in [2.75, 3.05) is 27.9 Å². The number of rotatable bonds is 14. The summed E-state index contributed by atoms with van der Waals surface area (Å²) in [7, 11) is 4.75. The van der Waals surface area contributed by atoms with Gasteiger partial charge in [0.2, 0.25) is 0 Å². The fraction of sp³-hybridized carbons (Fsp3) is 0.755. The molecular formula is C53H78O12. The van der Waals surface area contributed by atoms with E-state index in [1.54, 1.807) is 14.2 Å². The molecule has 0 aliphatic carbocycles. The van der Waals surface area contributed by atoms with E-state index in [1.807, 2.05) is 31.2 Å². The molecule has 6 heterocycles. The van der Waals surface area contributed by atoms with Crippen LogP contribution in [0.4, 0.5) is 0 Å². The van der Waals surface area contributed by atoms with E-state index in [1.165, 1.54) is 12.7 Å². The highest BCUT2D eigenvalue weighted by Gasteiger charge is 2.63. The van der Waals surface area contributed by atoms with Gasteiger partial charge in [0.1, 0.15) is 12.4 Å². The van der Waals surface area contributed by atoms with Crippen molar-refractivity contribution in [3.8, 4) is 5.75 Å². The molecule has 6 aliphatic heterocycles. The maximum absolute atomic E-state index is 12.8. The zero-order valence-electron chi connectivity index (χ0n) is 41.2. The molecule has 2 spiro atoms. The molecule has 2 aromatic rings. The average molecular weight is 907 g/mol. The lowest BCUT2D eigenvalue weighted by molar-refractivity contribution is -0.339. The maximum atomic E-state index is 12.8. The fourth-order valence-corrected chi connectivity index (χ4v) is 12.7. The number of methoxy groups -OCH3 is 3. The van der Waals surface area contributed by atoms with E-state index in [4.69, 9.17) is 52.1 Å². The third-order valence-corrected chi connectivity index (χ3v) is 16.7. The predicted molar refractivity (Wildman–Crippen MR) is 244 cm³/mol. The predicted octanol–water partition coefficient (Wildman–Crippen LogP) is 9.66.